The van der Waals surface area contributed by atoms with Crippen molar-refractivity contribution in [3.05, 3.63) is 81.0 Å². The van der Waals surface area contributed by atoms with E-state index in [0.29, 0.717) is 18.2 Å². The third-order valence-corrected chi connectivity index (χ3v) is 5.58. The lowest BCUT2D eigenvalue weighted by atomic mass is 10.2. The fraction of sp³-hybridized carbons (Fsp3) is 0.238. The molecule has 0 N–H and O–H groups in total. The molecule has 28 heavy (non-hydrogen) atoms. The van der Waals surface area contributed by atoms with Gasteiger partial charge in [0.25, 0.3) is 5.91 Å². The number of carbonyl (C=O) groups is 1. The molecule has 4 nitrogen and oxygen atoms in total. The van der Waals surface area contributed by atoms with Crippen LogP contribution in [-0.4, -0.2) is 21.8 Å². The van der Waals surface area contributed by atoms with Crippen molar-refractivity contribution < 1.29 is 13.9 Å². The number of hydrogen-bond acceptors (Lipinski definition) is 4. The van der Waals surface area contributed by atoms with Crippen molar-refractivity contribution in [3.8, 4) is 5.75 Å². The molecule has 0 radical (unpaired) electrons. The van der Waals surface area contributed by atoms with Gasteiger partial charge in [0, 0.05) is 16.4 Å². The molecular weight excluding hydrogens is 399 g/mol. The number of benzene rings is 2. The number of carbonyl (C=O) groups excluding carboxylic acids is 1. The minimum Gasteiger partial charge on any atom is -0.486 e. The Labute approximate surface area is 171 Å². The average molecular weight is 417 g/mol. The van der Waals surface area contributed by atoms with E-state index in [9.17, 15) is 9.18 Å². The van der Waals surface area contributed by atoms with Crippen LogP contribution in [0.25, 0.3) is 0 Å². The second-order valence-electron chi connectivity index (χ2n) is 6.62. The highest BCUT2D eigenvalue weighted by Crippen LogP contribution is 2.30. The molecule has 1 fully saturated rings. The zero-order chi connectivity index (χ0) is 19.5. The van der Waals surface area contributed by atoms with Gasteiger partial charge >= 0.3 is 0 Å². The van der Waals surface area contributed by atoms with Crippen molar-refractivity contribution in [2.75, 3.05) is 0 Å². The highest BCUT2D eigenvalue weighted by Gasteiger charge is 2.34. The van der Waals surface area contributed by atoms with Gasteiger partial charge in [-0.1, -0.05) is 23.7 Å². The lowest BCUT2D eigenvalue weighted by Gasteiger charge is -2.21. The van der Waals surface area contributed by atoms with E-state index in [2.05, 4.69) is 4.98 Å². The summed E-state index contributed by atoms with van der Waals surface area (Å²) in [6.45, 7) is 0.715. The van der Waals surface area contributed by atoms with Crippen LogP contribution in [-0.2, 0) is 13.2 Å². The maximum absolute atomic E-state index is 14.0. The van der Waals surface area contributed by atoms with Crippen LogP contribution in [0.5, 0.6) is 5.75 Å². The standard InChI is InChI=1S/C21H18ClFN2O2S/c22-14-5-9-17(10-6-14)27-12-20-24-15(13-28-20)11-25(16-7-8-16)21(26)18-3-1-2-4-19(18)23/h1-6,9-10,13,16H,7-8,11-12H2. The summed E-state index contributed by atoms with van der Waals surface area (Å²) in [7, 11) is 0. The number of aromatic nitrogens is 1. The zero-order valence-corrected chi connectivity index (χ0v) is 16.5. The highest BCUT2D eigenvalue weighted by atomic mass is 35.5. The van der Waals surface area contributed by atoms with E-state index in [4.69, 9.17) is 16.3 Å². The van der Waals surface area contributed by atoms with Gasteiger partial charge in [0.05, 0.1) is 17.8 Å². The number of amides is 1. The first kappa shape index (κ1) is 18.9. The Hall–Kier alpha value is -2.44. The fourth-order valence-corrected chi connectivity index (χ4v) is 3.70. The van der Waals surface area contributed by atoms with Crippen molar-refractivity contribution >= 4 is 28.8 Å². The summed E-state index contributed by atoms with van der Waals surface area (Å²) in [5.74, 6) is -0.0588. The normalized spacial score (nSPS) is 13.4. The molecule has 1 aromatic heterocycles. The van der Waals surface area contributed by atoms with Crippen LogP contribution in [0.15, 0.2) is 53.9 Å². The van der Waals surface area contributed by atoms with E-state index in [1.165, 1.54) is 23.5 Å². The summed E-state index contributed by atoms with van der Waals surface area (Å²) in [4.78, 5) is 19.1. The molecule has 3 aromatic rings. The molecule has 144 valence electrons. The number of thiazole rings is 1. The van der Waals surface area contributed by atoms with Crippen LogP contribution in [0, 0.1) is 5.82 Å². The number of nitrogens with zero attached hydrogens (tertiary/aromatic N) is 2. The van der Waals surface area contributed by atoms with Crippen LogP contribution in [0.3, 0.4) is 0 Å². The van der Waals surface area contributed by atoms with E-state index in [0.717, 1.165) is 29.3 Å². The second-order valence-corrected chi connectivity index (χ2v) is 8.00. The predicted molar refractivity (Wildman–Crippen MR) is 107 cm³/mol. The summed E-state index contributed by atoms with van der Waals surface area (Å²) in [6, 6.07) is 13.4. The third kappa shape index (κ3) is 4.51. The maximum atomic E-state index is 14.0. The minimum atomic E-state index is -0.492. The monoisotopic (exact) mass is 416 g/mol. The maximum Gasteiger partial charge on any atom is 0.257 e. The first-order valence-electron chi connectivity index (χ1n) is 8.97. The number of halogens is 2. The van der Waals surface area contributed by atoms with Gasteiger partial charge in [0.2, 0.25) is 0 Å². The largest absolute Gasteiger partial charge is 0.486 e. The van der Waals surface area contributed by atoms with E-state index in [1.54, 1.807) is 41.3 Å². The Morgan fingerprint density at radius 3 is 2.68 bits per heavy atom. The molecule has 0 bridgehead atoms. The van der Waals surface area contributed by atoms with Crippen LogP contribution in [0.1, 0.15) is 33.9 Å². The average Bonchev–Trinajstić information content (AvgIpc) is 3.44. The highest BCUT2D eigenvalue weighted by molar-refractivity contribution is 7.09. The molecule has 1 aliphatic rings. The Morgan fingerprint density at radius 2 is 1.96 bits per heavy atom. The first-order valence-corrected chi connectivity index (χ1v) is 10.2. The van der Waals surface area contributed by atoms with Gasteiger partial charge in [0.1, 0.15) is 23.2 Å². The summed E-state index contributed by atoms with van der Waals surface area (Å²) < 4.78 is 19.7. The summed E-state index contributed by atoms with van der Waals surface area (Å²) in [5.41, 5.74) is 0.896. The molecule has 0 aliphatic heterocycles. The van der Waals surface area contributed by atoms with E-state index < -0.39 is 5.82 Å². The zero-order valence-electron chi connectivity index (χ0n) is 15.0. The molecule has 2 aromatic carbocycles. The molecule has 0 unspecified atom stereocenters. The summed E-state index contributed by atoms with van der Waals surface area (Å²) in [5, 5.41) is 3.40. The predicted octanol–water partition coefficient (Wildman–Crippen LogP) is 5.32. The topological polar surface area (TPSA) is 42.4 Å². The molecule has 4 rings (SSSR count). The van der Waals surface area contributed by atoms with Crippen molar-refractivity contribution in [1.82, 2.24) is 9.88 Å². The van der Waals surface area contributed by atoms with Crippen LogP contribution < -0.4 is 4.74 Å². The van der Waals surface area contributed by atoms with Gasteiger partial charge < -0.3 is 9.64 Å². The van der Waals surface area contributed by atoms with Gasteiger partial charge in [-0.25, -0.2) is 9.37 Å². The number of hydrogen-bond donors (Lipinski definition) is 0. The Bertz CT molecular complexity index is 973. The molecule has 0 atom stereocenters. The summed E-state index contributed by atoms with van der Waals surface area (Å²) >= 11 is 7.35. The van der Waals surface area contributed by atoms with Gasteiger partial charge in [-0.05, 0) is 49.2 Å². The van der Waals surface area contributed by atoms with Gasteiger partial charge in [-0.15, -0.1) is 11.3 Å². The fourth-order valence-electron chi connectivity index (χ4n) is 2.88. The molecule has 0 saturated heterocycles. The molecule has 1 saturated carbocycles. The van der Waals surface area contributed by atoms with Crippen LogP contribution in [0.2, 0.25) is 5.02 Å². The number of rotatable bonds is 7. The Kier molecular flexibility index (Phi) is 5.59. The van der Waals surface area contributed by atoms with E-state index in [1.807, 2.05) is 5.38 Å². The Morgan fingerprint density at radius 1 is 1.21 bits per heavy atom. The SMILES string of the molecule is O=C(c1ccccc1F)N(Cc1csc(COc2ccc(Cl)cc2)n1)C1CC1. The number of ether oxygens (including phenoxy) is 1. The van der Waals surface area contributed by atoms with Crippen LogP contribution in [0.4, 0.5) is 4.39 Å². The van der Waals surface area contributed by atoms with Crippen LogP contribution >= 0.6 is 22.9 Å². The van der Waals surface area contributed by atoms with Crippen molar-refractivity contribution in [2.24, 2.45) is 0 Å². The lowest BCUT2D eigenvalue weighted by Crippen LogP contribution is -2.33. The van der Waals surface area contributed by atoms with Crippen molar-refractivity contribution in [2.45, 2.75) is 32.0 Å². The van der Waals surface area contributed by atoms with Crippen molar-refractivity contribution in [1.29, 1.82) is 0 Å². The quantitative estimate of drug-likeness (QED) is 0.523. The van der Waals surface area contributed by atoms with Crippen molar-refractivity contribution in [3.63, 3.8) is 0 Å². The first-order chi connectivity index (χ1) is 13.6. The second kappa shape index (κ2) is 8.29. The van der Waals surface area contributed by atoms with Gasteiger partial charge in [-0.2, -0.15) is 0 Å². The van der Waals surface area contributed by atoms with E-state index in [-0.39, 0.29) is 17.5 Å². The molecule has 0 spiro atoms. The molecular formula is C21H18ClFN2O2S. The molecule has 1 aliphatic carbocycles. The minimum absolute atomic E-state index is 0.107. The van der Waals surface area contributed by atoms with Gasteiger partial charge in [0.15, 0.2) is 0 Å². The molecule has 1 heterocycles. The van der Waals surface area contributed by atoms with Gasteiger partial charge in [-0.3, -0.25) is 4.79 Å². The molecule has 7 heteroatoms. The lowest BCUT2D eigenvalue weighted by molar-refractivity contribution is 0.0723. The van der Waals surface area contributed by atoms with E-state index >= 15 is 0 Å². The third-order valence-electron chi connectivity index (χ3n) is 4.46. The Balaban J connectivity index is 1.42. The summed E-state index contributed by atoms with van der Waals surface area (Å²) in [6.07, 6.45) is 1.88. The molecule has 1 amide bonds. The smallest absolute Gasteiger partial charge is 0.257 e.